The molecule has 0 spiro atoms. The second-order valence-electron chi connectivity index (χ2n) is 9.00. The number of rotatable bonds is 1. The van der Waals surface area contributed by atoms with Crippen LogP contribution >= 0.6 is 0 Å². The first-order valence-electron chi connectivity index (χ1n) is 10.2. The summed E-state index contributed by atoms with van der Waals surface area (Å²) in [5, 5.41) is 3.92. The monoisotopic (exact) mass is 360 g/mol. The summed E-state index contributed by atoms with van der Waals surface area (Å²) in [6.45, 7) is 2.31. The number of nitrogens with zero attached hydrogens (tertiary/aromatic N) is 3. The van der Waals surface area contributed by atoms with Crippen molar-refractivity contribution in [2.24, 2.45) is 0 Å². The van der Waals surface area contributed by atoms with Crippen LogP contribution in [0.1, 0.15) is 24.0 Å². The second kappa shape index (κ2) is 5.06. The number of anilines is 2. The van der Waals surface area contributed by atoms with Gasteiger partial charge in [-0.3, -0.25) is 9.80 Å². The topological polar surface area (TPSA) is 21.8 Å². The third-order valence-corrected chi connectivity index (χ3v) is 8.11. The van der Waals surface area contributed by atoms with E-state index in [2.05, 4.69) is 89.7 Å². The fourth-order valence-corrected chi connectivity index (χ4v) is 7.23. The van der Waals surface area contributed by atoms with Crippen LogP contribution < -0.4 is 10.2 Å². The van der Waals surface area contributed by atoms with Gasteiger partial charge >= 0.3 is 0 Å². The maximum absolute atomic E-state index is 3.92. The van der Waals surface area contributed by atoms with E-state index >= 15 is 0 Å². The van der Waals surface area contributed by atoms with Gasteiger partial charge in [0.1, 0.15) is 0 Å². The molecule has 2 fully saturated rings. The molecule has 1 N–H and O–H groups in total. The molecule has 4 heterocycles. The molecule has 2 aromatic carbocycles. The van der Waals surface area contributed by atoms with Crippen molar-refractivity contribution in [1.82, 2.24) is 9.80 Å². The van der Waals surface area contributed by atoms with Crippen molar-refractivity contribution in [1.29, 1.82) is 0 Å². The van der Waals surface area contributed by atoms with Crippen molar-refractivity contribution in [2.75, 3.05) is 44.4 Å². The summed E-state index contributed by atoms with van der Waals surface area (Å²) in [4.78, 5) is 7.68. The van der Waals surface area contributed by atoms with E-state index in [-0.39, 0.29) is 10.8 Å². The van der Waals surface area contributed by atoms with Gasteiger partial charge in [-0.1, -0.05) is 36.4 Å². The van der Waals surface area contributed by atoms with Crippen LogP contribution in [-0.2, 0) is 10.8 Å². The Balaban J connectivity index is 1.69. The van der Waals surface area contributed by atoms with E-state index in [0.717, 1.165) is 13.1 Å². The molecule has 27 heavy (non-hydrogen) atoms. The standard InChI is InChI=1S/C23H28N4/c1-25-14-12-22(16-8-4-6-10-18(16)24-20(22)25)23-13-15-26(2)21(23)27(3)19-11-7-5-9-17(19)23/h4-11,20-21,24H,12-15H2,1-3H3/t20-,21+,22?,23?/m0/s1. The molecule has 2 aromatic rings. The lowest BCUT2D eigenvalue weighted by molar-refractivity contribution is 0.136. The summed E-state index contributed by atoms with van der Waals surface area (Å²) >= 11 is 0. The van der Waals surface area contributed by atoms with Gasteiger partial charge in [0.2, 0.25) is 0 Å². The SMILES string of the molecule is CN1CCC2(C34CCN(C)[C@@H]3Nc3ccccc34)c3ccccc3N(C)[C@@H]12. The normalized spacial score (nSPS) is 37.1. The summed E-state index contributed by atoms with van der Waals surface area (Å²) in [6.07, 6.45) is 3.21. The van der Waals surface area contributed by atoms with Crippen LogP contribution in [0.3, 0.4) is 0 Å². The highest BCUT2D eigenvalue weighted by molar-refractivity contribution is 5.72. The summed E-state index contributed by atoms with van der Waals surface area (Å²) in [5.41, 5.74) is 6.06. The molecule has 6 rings (SSSR count). The summed E-state index contributed by atoms with van der Waals surface area (Å²) < 4.78 is 0. The van der Waals surface area contributed by atoms with Gasteiger partial charge in [-0.2, -0.15) is 0 Å². The van der Waals surface area contributed by atoms with Gasteiger partial charge in [-0.05, 0) is 50.2 Å². The number of para-hydroxylation sites is 2. The largest absolute Gasteiger partial charge is 0.369 e. The highest BCUT2D eigenvalue weighted by Gasteiger charge is 2.72. The van der Waals surface area contributed by atoms with Gasteiger partial charge in [0.05, 0.1) is 12.3 Å². The maximum atomic E-state index is 3.92. The van der Waals surface area contributed by atoms with E-state index in [9.17, 15) is 0 Å². The molecule has 4 aliphatic rings. The van der Waals surface area contributed by atoms with Crippen molar-refractivity contribution in [3.8, 4) is 0 Å². The molecule has 0 amide bonds. The first kappa shape index (κ1) is 16.0. The zero-order chi connectivity index (χ0) is 18.4. The maximum Gasteiger partial charge on any atom is 0.0924 e. The van der Waals surface area contributed by atoms with E-state index in [1.54, 1.807) is 5.56 Å². The number of benzene rings is 2. The first-order chi connectivity index (χ1) is 13.1. The third kappa shape index (κ3) is 1.60. The summed E-state index contributed by atoms with van der Waals surface area (Å²) in [7, 11) is 6.90. The molecular weight excluding hydrogens is 332 g/mol. The lowest BCUT2D eigenvalue weighted by Gasteiger charge is -2.49. The van der Waals surface area contributed by atoms with Crippen molar-refractivity contribution >= 4 is 11.4 Å². The molecule has 140 valence electrons. The van der Waals surface area contributed by atoms with Gasteiger partial charge in [-0.25, -0.2) is 0 Å². The van der Waals surface area contributed by atoms with Crippen LogP contribution in [0.5, 0.6) is 0 Å². The Labute approximate surface area is 161 Å². The van der Waals surface area contributed by atoms with Gasteiger partial charge < -0.3 is 10.2 Å². The second-order valence-corrected chi connectivity index (χ2v) is 9.00. The van der Waals surface area contributed by atoms with Crippen LogP contribution in [0.15, 0.2) is 48.5 Å². The Bertz CT molecular complexity index is 926. The Morgan fingerprint density at radius 2 is 1.48 bits per heavy atom. The lowest BCUT2D eigenvalue weighted by atomic mass is 9.55. The van der Waals surface area contributed by atoms with E-state index in [0.29, 0.717) is 12.3 Å². The number of likely N-dealkylation sites (tertiary alicyclic amines) is 2. The van der Waals surface area contributed by atoms with Crippen molar-refractivity contribution < 1.29 is 0 Å². The minimum Gasteiger partial charge on any atom is -0.369 e. The molecule has 4 nitrogen and oxygen atoms in total. The zero-order valence-electron chi connectivity index (χ0n) is 16.4. The minimum absolute atomic E-state index is 0.106. The Hall–Kier alpha value is -2.04. The van der Waals surface area contributed by atoms with Gasteiger partial charge in [0, 0.05) is 42.3 Å². The van der Waals surface area contributed by atoms with Crippen molar-refractivity contribution in [3.05, 3.63) is 59.7 Å². The van der Waals surface area contributed by atoms with Gasteiger partial charge in [0.25, 0.3) is 0 Å². The van der Waals surface area contributed by atoms with E-state index in [1.807, 2.05) is 0 Å². The third-order valence-electron chi connectivity index (χ3n) is 8.11. The van der Waals surface area contributed by atoms with E-state index in [1.165, 1.54) is 29.8 Å². The molecule has 0 aliphatic carbocycles. The Morgan fingerprint density at radius 1 is 0.815 bits per heavy atom. The number of likely N-dealkylation sites (N-methyl/N-ethyl adjacent to an activating group) is 3. The minimum atomic E-state index is 0.106. The molecule has 2 saturated heterocycles. The van der Waals surface area contributed by atoms with E-state index < -0.39 is 0 Å². The predicted octanol–water partition coefficient (Wildman–Crippen LogP) is 3.06. The quantitative estimate of drug-likeness (QED) is 0.844. The molecule has 4 atom stereocenters. The average Bonchev–Trinajstić information content (AvgIpc) is 3.37. The summed E-state index contributed by atoms with van der Waals surface area (Å²) in [6, 6.07) is 18.3. The van der Waals surface area contributed by atoms with Crippen LogP contribution in [0, 0.1) is 0 Å². The fraction of sp³-hybridized carbons (Fsp3) is 0.478. The van der Waals surface area contributed by atoms with Gasteiger partial charge in [0.15, 0.2) is 0 Å². The highest BCUT2D eigenvalue weighted by Crippen LogP contribution is 2.67. The molecule has 4 heteroatoms. The van der Waals surface area contributed by atoms with Crippen molar-refractivity contribution in [3.63, 3.8) is 0 Å². The van der Waals surface area contributed by atoms with Crippen molar-refractivity contribution in [2.45, 2.75) is 36.0 Å². The first-order valence-corrected chi connectivity index (χ1v) is 10.2. The van der Waals surface area contributed by atoms with Gasteiger partial charge in [-0.15, -0.1) is 0 Å². The number of nitrogens with one attached hydrogen (secondary N) is 1. The summed E-state index contributed by atoms with van der Waals surface area (Å²) in [5.74, 6) is 0. The fourth-order valence-electron chi connectivity index (χ4n) is 7.23. The highest BCUT2D eigenvalue weighted by atomic mass is 15.4. The van der Waals surface area contributed by atoms with E-state index in [4.69, 9.17) is 0 Å². The average molecular weight is 361 g/mol. The van der Waals surface area contributed by atoms with Crippen LogP contribution in [0.2, 0.25) is 0 Å². The smallest absolute Gasteiger partial charge is 0.0924 e. The molecule has 0 aromatic heterocycles. The zero-order valence-corrected chi connectivity index (χ0v) is 16.4. The Morgan fingerprint density at radius 3 is 2.33 bits per heavy atom. The molecule has 4 aliphatic heterocycles. The Kier molecular flexibility index (Phi) is 2.99. The predicted molar refractivity (Wildman–Crippen MR) is 110 cm³/mol. The molecule has 0 radical (unpaired) electrons. The molecule has 2 unspecified atom stereocenters. The molecule has 0 bridgehead atoms. The number of hydrogen-bond acceptors (Lipinski definition) is 4. The number of fused-ring (bicyclic) bond motifs is 7. The molecular formula is C23H28N4. The van der Waals surface area contributed by atoms with Crippen LogP contribution in [0.25, 0.3) is 0 Å². The van der Waals surface area contributed by atoms with Crippen LogP contribution in [-0.4, -0.2) is 56.4 Å². The lowest BCUT2D eigenvalue weighted by Crippen LogP contribution is -2.61. The molecule has 0 saturated carbocycles. The van der Waals surface area contributed by atoms with Crippen LogP contribution in [0.4, 0.5) is 11.4 Å². The number of hydrogen-bond donors (Lipinski definition) is 1.